The predicted molar refractivity (Wildman–Crippen MR) is 53.0 cm³/mol. The van der Waals surface area contributed by atoms with Gasteiger partial charge in [0.2, 0.25) is 0 Å². The van der Waals surface area contributed by atoms with E-state index in [-0.39, 0.29) is 5.75 Å². The van der Waals surface area contributed by atoms with Gasteiger partial charge in [-0.05, 0) is 18.4 Å². The summed E-state index contributed by atoms with van der Waals surface area (Å²) in [6.07, 6.45) is -4.66. The molecule has 1 aromatic heterocycles. The third-order valence-corrected chi connectivity index (χ3v) is 2.77. The molecule has 0 saturated carbocycles. The average molecular weight is 231 g/mol. The van der Waals surface area contributed by atoms with Crippen molar-refractivity contribution in [1.82, 2.24) is 0 Å². The van der Waals surface area contributed by atoms with Crippen LogP contribution in [0.5, 0.6) is 5.75 Å². The van der Waals surface area contributed by atoms with E-state index in [2.05, 4.69) is 11.7 Å². The van der Waals surface area contributed by atoms with Gasteiger partial charge in [0.15, 0.2) is 0 Å². The van der Waals surface area contributed by atoms with E-state index in [4.69, 9.17) is 0 Å². The second kappa shape index (κ2) is 3.41. The van der Waals surface area contributed by atoms with Gasteiger partial charge in [-0.25, -0.2) is 0 Å². The van der Waals surface area contributed by atoms with Crippen LogP contribution in [0.2, 0.25) is 0 Å². The van der Waals surface area contributed by atoms with Crippen LogP contribution in [0, 0.1) is 6.92 Å². The predicted octanol–water partition coefficient (Wildman–Crippen LogP) is 3.98. The van der Waals surface area contributed by atoms with Gasteiger partial charge >= 0.3 is 6.36 Å². The minimum absolute atomic E-state index is 0.175. The number of hydrogen-bond donors (Lipinski definition) is 0. The molecule has 1 radical (unpaired) electrons. The first-order valence-electron chi connectivity index (χ1n) is 4.05. The number of ether oxygens (including phenoxy) is 1. The third-order valence-electron chi connectivity index (χ3n) is 1.91. The zero-order valence-corrected chi connectivity index (χ0v) is 8.28. The molecule has 0 atom stereocenters. The van der Waals surface area contributed by atoms with E-state index in [1.807, 2.05) is 0 Å². The van der Waals surface area contributed by atoms with Crippen molar-refractivity contribution in [3.8, 4) is 5.75 Å². The maximum Gasteiger partial charge on any atom is 0.573 e. The maximum atomic E-state index is 12.0. The third kappa shape index (κ3) is 2.07. The quantitative estimate of drug-likeness (QED) is 0.721. The molecule has 15 heavy (non-hydrogen) atoms. The van der Waals surface area contributed by atoms with Crippen LogP contribution in [0.3, 0.4) is 0 Å². The molecule has 0 unspecified atom stereocenters. The Bertz CT molecular complexity index is 487. The summed E-state index contributed by atoms with van der Waals surface area (Å²) < 4.78 is 40.0. The van der Waals surface area contributed by atoms with Crippen molar-refractivity contribution in [3.05, 3.63) is 35.4 Å². The molecule has 0 saturated heterocycles. The second-order valence-electron chi connectivity index (χ2n) is 2.92. The first-order chi connectivity index (χ1) is 6.97. The van der Waals surface area contributed by atoms with Gasteiger partial charge in [0, 0.05) is 15.6 Å². The SMILES string of the molecule is [CH2]c1scc2c(OC(F)(F)F)cccc12. The highest BCUT2D eigenvalue weighted by Gasteiger charge is 2.31. The summed E-state index contributed by atoms with van der Waals surface area (Å²) in [7, 11) is 0. The number of rotatable bonds is 1. The summed E-state index contributed by atoms with van der Waals surface area (Å²) in [4.78, 5) is 0.734. The Balaban J connectivity index is 2.52. The number of hydrogen-bond acceptors (Lipinski definition) is 2. The summed E-state index contributed by atoms with van der Waals surface area (Å²) >= 11 is 1.30. The molecule has 0 fully saturated rings. The summed E-state index contributed by atoms with van der Waals surface area (Å²) in [5.41, 5.74) is 0. The summed E-state index contributed by atoms with van der Waals surface area (Å²) in [6.45, 7) is 3.73. The highest BCUT2D eigenvalue weighted by atomic mass is 32.1. The Morgan fingerprint density at radius 2 is 1.93 bits per heavy atom. The number of fused-ring (bicyclic) bond motifs is 1. The molecule has 79 valence electrons. The lowest BCUT2D eigenvalue weighted by molar-refractivity contribution is -0.274. The second-order valence-corrected chi connectivity index (χ2v) is 3.89. The fourth-order valence-corrected chi connectivity index (χ4v) is 2.12. The largest absolute Gasteiger partial charge is 0.573 e. The lowest BCUT2D eigenvalue weighted by atomic mass is 10.2. The van der Waals surface area contributed by atoms with E-state index in [1.54, 1.807) is 11.4 Å². The van der Waals surface area contributed by atoms with E-state index in [1.165, 1.54) is 23.5 Å². The Labute approximate surface area is 88.1 Å². The zero-order chi connectivity index (χ0) is 11.1. The number of thiophene rings is 1. The molecule has 0 spiro atoms. The fraction of sp³-hybridized carbons (Fsp3) is 0.100. The van der Waals surface area contributed by atoms with Gasteiger partial charge in [-0.1, -0.05) is 12.1 Å². The Morgan fingerprint density at radius 1 is 1.20 bits per heavy atom. The summed E-state index contributed by atoms with van der Waals surface area (Å²) in [6, 6.07) is 4.53. The normalized spacial score (nSPS) is 12.0. The summed E-state index contributed by atoms with van der Waals surface area (Å²) in [5, 5.41) is 2.75. The van der Waals surface area contributed by atoms with Gasteiger partial charge in [-0.15, -0.1) is 24.5 Å². The minimum atomic E-state index is -4.66. The molecule has 1 heterocycles. The van der Waals surface area contributed by atoms with Gasteiger partial charge in [0.25, 0.3) is 0 Å². The van der Waals surface area contributed by atoms with Crippen molar-refractivity contribution < 1.29 is 17.9 Å². The molecule has 5 heteroatoms. The molecule has 0 aliphatic rings. The lowest BCUT2D eigenvalue weighted by Crippen LogP contribution is -2.17. The molecule has 0 amide bonds. The smallest absolute Gasteiger partial charge is 0.405 e. The van der Waals surface area contributed by atoms with Gasteiger partial charge in [-0.2, -0.15) is 0 Å². The highest BCUT2D eigenvalue weighted by Crippen LogP contribution is 2.34. The van der Waals surface area contributed by atoms with Crippen LogP contribution in [-0.4, -0.2) is 6.36 Å². The molecule has 2 rings (SSSR count). The molecule has 0 aliphatic heterocycles. The van der Waals surface area contributed by atoms with Crippen LogP contribution < -0.4 is 4.74 Å². The van der Waals surface area contributed by atoms with Crippen molar-refractivity contribution in [2.45, 2.75) is 6.36 Å². The van der Waals surface area contributed by atoms with Crippen LogP contribution in [0.25, 0.3) is 10.8 Å². The lowest BCUT2D eigenvalue weighted by Gasteiger charge is -2.09. The van der Waals surface area contributed by atoms with Crippen molar-refractivity contribution in [2.75, 3.05) is 0 Å². The molecule has 0 bridgehead atoms. The van der Waals surface area contributed by atoms with Crippen LogP contribution in [0.4, 0.5) is 13.2 Å². The molecule has 2 aromatic rings. The van der Waals surface area contributed by atoms with E-state index in [9.17, 15) is 13.2 Å². The fourth-order valence-electron chi connectivity index (χ4n) is 1.32. The van der Waals surface area contributed by atoms with E-state index < -0.39 is 6.36 Å². The van der Waals surface area contributed by atoms with Crippen molar-refractivity contribution in [3.63, 3.8) is 0 Å². The number of halogens is 3. The monoisotopic (exact) mass is 231 g/mol. The zero-order valence-electron chi connectivity index (χ0n) is 7.47. The van der Waals surface area contributed by atoms with E-state index >= 15 is 0 Å². The van der Waals surface area contributed by atoms with Gasteiger partial charge < -0.3 is 4.74 Å². The average Bonchev–Trinajstić information content (AvgIpc) is 2.47. The molecular formula is C10H6F3OS. The van der Waals surface area contributed by atoms with E-state index in [0.717, 1.165) is 4.88 Å². The van der Waals surface area contributed by atoms with Crippen LogP contribution >= 0.6 is 11.3 Å². The first kappa shape index (κ1) is 10.3. The van der Waals surface area contributed by atoms with Gasteiger partial charge in [-0.3, -0.25) is 0 Å². The Hall–Kier alpha value is -1.23. The van der Waals surface area contributed by atoms with Crippen LogP contribution in [0.15, 0.2) is 23.6 Å². The topological polar surface area (TPSA) is 9.23 Å². The van der Waals surface area contributed by atoms with Crippen molar-refractivity contribution in [1.29, 1.82) is 0 Å². The summed E-state index contributed by atoms with van der Waals surface area (Å²) in [5.74, 6) is -0.175. The molecule has 1 aromatic carbocycles. The van der Waals surface area contributed by atoms with Crippen molar-refractivity contribution in [2.24, 2.45) is 0 Å². The Kier molecular flexibility index (Phi) is 2.34. The van der Waals surface area contributed by atoms with Crippen LogP contribution in [0.1, 0.15) is 4.88 Å². The molecular weight excluding hydrogens is 225 g/mol. The van der Waals surface area contributed by atoms with Gasteiger partial charge in [0.1, 0.15) is 5.75 Å². The van der Waals surface area contributed by atoms with Gasteiger partial charge in [0.05, 0.1) is 0 Å². The van der Waals surface area contributed by atoms with Crippen molar-refractivity contribution >= 4 is 22.1 Å². The van der Waals surface area contributed by atoms with Crippen LogP contribution in [-0.2, 0) is 0 Å². The Morgan fingerprint density at radius 3 is 2.60 bits per heavy atom. The standard InChI is InChI=1S/C10H6F3OS/c1-6-7-3-2-4-9(8(7)5-15-6)14-10(11,12)13/h2-5H,1H2. The minimum Gasteiger partial charge on any atom is -0.405 e. The maximum absolute atomic E-state index is 12.0. The molecule has 1 nitrogen and oxygen atoms in total. The highest BCUT2D eigenvalue weighted by molar-refractivity contribution is 7.11. The molecule has 0 aliphatic carbocycles. The first-order valence-corrected chi connectivity index (χ1v) is 4.93. The number of alkyl halides is 3. The molecule has 0 N–H and O–H groups in total. The van der Waals surface area contributed by atoms with E-state index in [0.29, 0.717) is 10.8 Å². The number of benzene rings is 1.